The van der Waals surface area contributed by atoms with Crippen molar-refractivity contribution in [1.29, 1.82) is 0 Å². The number of aliphatic hydroxyl groups is 1. The Labute approximate surface area is 171 Å². The minimum Gasteiger partial charge on any atom is -0.493 e. The summed E-state index contributed by atoms with van der Waals surface area (Å²) in [4.78, 5) is 2.39. The first kappa shape index (κ1) is 20.2. The number of methoxy groups -OCH3 is 1. The van der Waals surface area contributed by atoms with Gasteiger partial charge in [0, 0.05) is 19.1 Å². The summed E-state index contributed by atoms with van der Waals surface area (Å²) in [6.07, 6.45) is 0.779. The van der Waals surface area contributed by atoms with Crippen LogP contribution in [0.15, 0.2) is 6.07 Å². The first-order valence-electron chi connectivity index (χ1n) is 10.0. The van der Waals surface area contributed by atoms with E-state index in [-0.39, 0.29) is 23.9 Å². The van der Waals surface area contributed by atoms with Crippen LogP contribution in [-0.2, 0) is 15.9 Å². The van der Waals surface area contributed by atoms with Gasteiger partial charge in [-0.05, 0) is 50.8 Å². The van der Waals surface area contributed by atoms with Crippen LogP contribution in [0.5, 0.6) is 11.5 Å². The number of halogens is 1. The van der Waals surface area contributed by atoms with Gasteiger partial charge in [0.1, 0.15) is 6.10 Å². The highest BCUT2D eigenvalue weighted by molar-refractivity contribution is 6.33. The zero-order valence-electron chi connectivity index (χ0n) is 17.0. The van der Waals surface area contributed by atoms with E-state index < -0.39 is 6.10 Å². The lowest BCUT2D eigenvalue weighted by molar-refractivity contribution is -0.149. The van der Waals surface area contributed by atoms with E-state index in [1.807, 2.05) is 26.8 Å². The van der Waals surface area contributed by atoms with Crippen molar-refractivity contribution in [3.8, 4) is 11.5 Å². The van der Waals surface area contributed by atoms with Crippen molar-refractivity contribution in [1.82, 2.24) is 4.90 Å². The molecule has 28 heavy (non-hydrogen) atoms. The van der Waals surface area contributed by atoms with Crippen LogP contribution in [0.4, 0.5) is 0 Å². The number of hydrogen-bond donors (Lipinski definition) is 1. The number of nitrogens with zero attached hydrogens (tertiary/aromatic N) is 1. The Bertz CT molecular complexity index is 730. The minimum atomic E-state index is -0.515. The van der Waals surface area contributed by atoms with E-state index in [9.17, 15) is 5.11 Å². The quantitative estimate of drug-likeness (QED) is 0.821. The molecule has 0 aromatic heterocycles. The third-order valence-corrected chi connectivity index (χ3v) is 6.10. The second-order valence-electron chi connectivity index (χ2n) is 8.90. The van der Waals surface area contributed by atoms with Crippen molar-refractivity contribution in [2.75, 3.05) is 33.4 Å². The number of benzene rings is 1. The van der Waals surface area contributed by atoms with Crippen molar-refractivity contribution in [2.45, 2.75) is 63.6 Å². The molecule has 2 saturated heterocycles. The standard InChI is InChI=1S/C21H30ClNO5/c1-21(2,3)28-18-9-23-6-5-13-14(15(23)8-16(18)24)7-17(25-4)20(19(13)22)27-12-10-26-11-12/h7,12,15-16,18,24H,5-6,8-11H2,1-4H3/t15-,16-,18-/m1/s1. The van der Waals surface area contributed by atoms with E-state index >= 15 is 0 Å². The van der Waals surface area contributed by atoms with Crippen molar-refractivity contribution in [2.24, 2.45) is 0 Å². The van der Waals surface area contributed by atoms with Gasteiger partial charge in [-0.3, -0.25) is 4.90 Å². The Morgan fingerprint density at radius 3 is 2.64 bits per heavy atom. The van der Waals surface area contributed by atoms with E-state index in [1.165, 1.54) is 0 Å². The number of ether oxygens (including phenoxy) is 4. The molecule has 2 fully saturated rings. The van der Waals surface area contributed by atoms with E-state index in [1.54, 1.807) is 7.11 Å². The van der Waals surface area contributed by atoms with Crippen molar-refractivity contribution in [3.63, 3.8) is 0 Å². The predicted molar refractivity (Wildman–Crippen MR) is 107 cm³/mol. The molecular weight excluding hydrogens is 382 g/mol. The number of rotatable bonds is 4. The third kappa shape index (κ3) is 3.85. The summed E-state index contributed by atoms with van der Waals surface area (Å²) in [5, 5.41) is 11.4. The molecule has 1 aromatic rings. The topological polar surface area (TPSA) is 60.4 Å². The molecule has 3 atom stereocenters. The van der Waals surface area contributed by atoms with Gasteiger partial charge in [0.25, 0.3) is 0 Å². The predicted octanol–water partition coefficient (Wildman–Crippen LogP) is 2.97. The molecule has 6 nitrogen and oxygen atoms in total. The average Bonchev–Trinajstić information content (AvgIpc) is 2.58. The molecule has 1 aromatic carbocycles. The fourth-order valence-electron chi connectivity index (χ4n) is 4.33. The third-order valence-electron chi connectivity index (χ3n) is 5.70. The number of piperidine rings is 1. The fraction of sp³-hybridized carbons (Fsp3) is 0.714. The molecule has 0 amide bonds. The Kier molecular flexibility index (Phi) is 5.53. The lowest BCUT2D eigenvalue weighted by atomic mass is 9.84. The molecule has 4 rings (SSSR count). The average molecular weight is 412 g/mol. The molecule has 0 saturated carbocycles. The van der Waals surface area contributed by atoms with Crippen molar-refractivity contribution < 1.29 is 24.1 Å². The summed E-state index contributed by atoms with van der Waals surface area (Å²) in [7, 11) is 1.63. The Morgan fingerprint density at radius 1 is 1.29 bits per heavy atom. The van der Waals surface area contributed by atoms with Crippen LogP contribution in [0.1, 0.15) is 44.4 Å². The summed E-state index contributed by atoms with van der Waals surface area (Å²) >= 11 is 6.77. The molecule has 0 aliphatic carbocycles. The molecule has 156 valence electrons. The van der Waals surface area contributed by atoms with Gasteiger partial charge in [0.05, 0.1) is 43.2 Å². The zero-order chi connectivity index (χ0) is 20.1. The lowest BCUT2D eigenvalue weighted by Gasteiger charge is -2.47. The number of hydrogen-bond acceptors (Lipinski definition) is 6. The van der Waals surface area contributed by atoms with Gasteiger partial charge >= 0.3 is 0 Å². The largest absolute Gasteiger partial charge is 0.493 e. The summed E-state index contributed by atoms with van der Waals surface area (Å²) in [6.45, 7) is 8.82. The zero-order valence-corrected chi connectivity index (χ0v) is 17.8. The molecule has 0 bridgehead atoms. The molecule has 1 N–H and O–H groups in total. The Balaban J connectivity index is 1.61. The molecular formula is C21H30ClNO5. The second-order valence-corrected chi connectivity index (χ2v) is 9.28. The summed E-state index contributed by atoms with van der Waals surface area (Å²) in [5.74, 6) is 1.25. The van der Waals surface area contributed by atoms with Gasteiger partial charge in [0.2, 0.25) is 0 Å². The number of fused-ring (bicyclic) bond motifs is 3. The highest BCUT2D eigenvalue weighted by Gasteiger charge is 2.41. The van der Waals surface area contributed by atoms with Gasteiger partial charge < -0.3 is 24.1 Å². The molecule has 0 radical (unpaired) electrons. The van der Waals surface area contributed by atoms with Gasteiger partial charge in [-0.2, -0.15) is 0 Å². The maximum absolute atomic E-state index is 10.8. The van der Waals surface area contributed by atoms with Crippen LogP contribution in [0.3, 0.4) is 0 Å². The summed E-state index contributed by atoms with van der Waals surface area (Å²) in [6, 6.07) is 2.14. The fourth-order valence-corrected chi connectivity index (χ4v) is 4.67. The number of aliphatic hydroxyl groups excluding tert-OH is 1. The van der Waals surface area contributed by atoms with Gasteiger partial charge in [0.15, 0.2) is 11.5 Å². The Hall–Kier alpha value is -1.05. The first-order valence-corrected chi connectivity index (χ1v) is 10.4. The van der Waals surface area contributed by atoms with Crippen LogP contribution >= 0.6 is 11.6 Å². The van der Waals surface area contributed by atoms with Crippen molar-refractivity contribution >= 4 is 11.6 Å². The molecule has 7 heteroatoms. The van der Waals surface area contributed by atoms with Crippen molar-refractivity contribution in [3.05, 3.63) is 22.2 Å². The maximum atomic E-state index is 10.8. The summed E-state index contributed by atoms with van der Waals surface area (Å²) in [5.41, 5.74) is 1.94. The maximum Gasteiger partial charge on any atom is 0.180 e. The highest BCUT2D eigenvalue weighted by Crippen LogP contribution is 2.47. The smallest absolute Gasteiger partial charge is 0.180 e. The van der Waals surface area contributed by atoms with Gasteiger partial charge in [-0.15, -0.1) is 0 Å². The first-order chi connectivity index (χ1) is 13.3. The normalized spacial score (nSPS) is 28.3. The van der Waals surface area contributed by atoms with Crippen LogP contribution < -0.4 is 9.47 Å². The van der Waals surface area contributed by atoms with Crippen LogP contribution in [0, 0.1) is 0 Å². The Morgan fingerprint density at radius 2 is 2.04 bits per heavy atom. The van der Waals surface area contributed by atoms with Gasteiger partial charge in [-0.25, -0.2) is 0 Å². The lowest BCUT2D eigenvalue weighted by Crippen LogP contribution is -2.53. The van der Waals surface area contributed by atoms with E-state index in [4.69, 9.17) is 30.5 Å². The molecule has 0 spiro atoms. The van der Waals surface area contributed by atoms with E-state index in [0.717, 1.165) is 24.1 Å². The molecule has 3 heterocycles. The SMILES string of the molecule is COc1cc2c(c(Cl)c1OC1COC1)CCN1C[C@@H](OC(C)(C)C)[C@H](O)C[C@H]21. The second kappa shape index (κ2) is 7.65. The highest BCUT2D eigenvalue weighted by atomic mass is 35.5. The van der Waals surface area contributed by atoms with Crippen LogP contribution in [0.25, 0.3) is 0 Å². The van der Waals surface area contributed by atoms with E-state index in [0.29, 0.717) is 42.7 Å². The molecule has 3 aliphatic rings. The minimum absolute atomic E-state index is 0.0244. The summed E-state index contributed by atoms with van der Waals surface area (Å²) < 4.78 is 22.9. The molecule has 0 unspecified atom stereocenters. The van der Waals surface area contributed by atoms with E-state index in [2.05, 4.69) is 4.90 Å². The molecule has 3 aliphatic heterocycles. The van der Waals surface area contributed by atoms with Crippen LogP contribution in [-0.4, -0.2) is 67.3 Å². The van der Waals surface area contributed by atoms with Gasteiger partial charge in [-0.1, -0.05) is 11.6 Å². The van der Waals surface area contributed by atoms with Crippen LogP contribution in [0.2, 0.25) is 5.02 Å². The monoisotopic (exact) mass is 411 g/mol.